The molecule has 0 spiro atoms. The van der Waals surface area contributed by atoms with Crippen molar-refractivity contribution in [1.29, 1.82) is 0 Å². The van der Waals surface area contributed by atoms with Gasteiger partial charge in [-0.3, -0.25) is 14.6 Å². The average Bonchev–Trinajstić information content (AvgIpc) is 3.28. The van der Waals surface area contributed by atoms with E-state index in [9.17, 15) is 18.0 Å². The van der Waals surface area contributed by atoms with E-state index >= 15 is 0 Å². The molecule has 2 amide bonds. The summed E-state index contributed by atoms with van der Waals surface area (Å²) in [7, 11) is -1.94. The number of carbonyl (C=O) groups is 2. The predicted molar refractivity (Wildman–Crippen MR) is 109 cm³/mol. The molecule has 2 heterocycles. The van der Waals surface area contributed by atoms with Gasteiger partial charge in [0.2, 0.25) is 0 Å². The fourth-order valence-electron chi connectivity index (χ4n) is 3.22. The molecule has 2 aliphatic rings. The molecule has 1 aromatic heterocycles. The van der Waals surface area contributed by atoms with Gasteiger partial charge in [-0.2, -0.15) is 0 Å². The van der Waals surface area contributed by atoms with Crippen LogP contribution in [0.4, 0.5) is 4.79 Å². The van der Waals surface area contributed by atoms with Crippen molar-refractivity contribution in [3.63, 3.8) is 0 Å². The summed E-state index contributed by atoms with van der Waals surface area (Å²) in [6.45, 7) is 1.54. The Labute approximate surface area is 175 Å². The highest BCUT2D eigenvalue weighted by Gasteiger charge is 2.44. The van der Waals surface area contributed by atoms with E-state index in [0.717, 1.165) is 24.8 Å². The normalized spacial score (nSPS) is 18.4. The van der Waals surface area contributed by atoms with E-state index in [-0.39, 0.29) is 31.1 Å². The summed E-state index contributed by atoms with van der Waals surface area (Å²) in [5.74, 6) is 10.6. The molecular formula is C20H24N4O5S. The molecule has 1 unspecified atom stereocenters. The fraction of sp³-hybridized carbons (Fsp3) is 0.500. The molecular weight excluding hydrogens is 408 g/mol. The Hall–Kier alpha value is -2.79. The summed E-state index contributed by atoms with van der Waals surface area (Å²) in [5.41, 5.74) is 2.70. The minimum atomic E-state index is -3.82. The first-order chi connectivity index (χ1) is 14.0. The molecule has 0 radical (unpaired) electrons. The highest BCUT2D eigenvalue weighted by molar-refractivity contribution is 7.92. The molecule has 9 nitrogen and oxygen atoms in total. The zero-order chi connectivity index (χ0) is 22.2. The van der Waals surface area contributed by atoms with Crippen LogP contribution >= 0.6 is 0 Å². The van der Waals surface area contributed by atoms with E-state index in [1.54, 1.807) is 12.3 Å². The lowest BCUT2D eigenvalue weighted by Crippen LogP contribution is -2.50. The third-order valence-corrected chi connectivity index (χ3v) is 7.81. The van der Waals surface area contributed by atoms with Crippen molar-refractivity contribution >= 4 is 21.8 Å². The van der Waals surface area contributed by atoms with Crippen LogP contribution in [0.15, 0.2) is 12.3 Å². The largest absolute Gasteiger partial charge is 0.328 e. The van der Waals surface area contributed by atoms with E-state index in [0.29, 0.717) is 5.56 Å². The SMILES string of the molecule is CNC1(C#CC#Cc2cc3n(c2)C(=O)N(CCC(C)(C(=O)NO)S(C)(=O)=O)C3)CC1. The average molecular weight is 433 g/mol. The van der Waals surface area contributed by atoms with Crippen LogP contribution in [0.25, 0.3) is 0 Å². The van der Waals surface area contributed by atoms with Crippen molar-refractivity contribution in [3.05, 3.63) is 23.5 Å². The van der Waals surface area contributed by atoms with Crippen LogP contribution in [0.3, 0.4) is 0 Å². The summed E-state index contributed by atoms with van der Waals surface area (Å²) in [4.78, 5) is 26.0. The van der Waals surface area contributed by atoms with Crippen molar-refractivity contribution in [2.24, 2.45) is 0 Å². The number of nitrogens with zero attached hydrogens (tertiary/aromatic N) is 2. The molecule has 0 aromatic carbocycles. The molecule has 0 bridgehead atoms. The van der Waals surface area contributed by atoms with Gasteiger partial charge in [-0.05, 0) is 51.1 Å². The number of rotatable bonds is 6. The Morgan fingerprint density at radius 1 is 1.37 bits per heavy atom. The van der Waals surface area contributed by atoms with Crippen LogP contribution in [-0.2, 0) is 21.2 Å². The minimum Gasteiger partial charge on any atom is -0.318 e. The molecule has 1 aromatic rings. The highest BCUT2D eigenvalue weighted by Crippen LogP contribution is 2.33. The standard InChI is InChI=1S/C20H24N4O5S/c1-19(17(25)22-27,30(3,28)29)10-11-23-14-16-12-15(13-24(16)18(23)26)6-4-5-7-20(21-2)8-9-20/h12-13,21,27H,8-11,14H2,1-3H3,(H,22,25). The summed E-state index contributed by atoms with van der Waals surface area (Å²) >= 11 is 0. The topological polar surface area (TPSA) is 121 Å². The first kappa shape index (κ1) is 21.9. The van der Waals surface area contributed by atoms with Crippen LogP contribution in [-0.4, -0.2) is 65.2 Å². The minimum absolute atomic E-state index is 0.0378. The van der Waals surface area contributed by atoms with E-state index in [1.807, 2.05) is 7.05 Å². The number of nitrogens with one attached hydrogen (secondary N) is 2. The van der Waals surface area contributed by atoms with Gasteiger partial charge in [0.1, 0.15) is 0 Å². The zero-order valence-corrected chi connectivity index (χ0v) is 17.9. The number of fused-ring (bicyclic) bond motifs is 1. The van der Waals surface area contributed by atoms with Crippen LogP contribution in [0, 0.1) is 23.7 Å². The second-order valence-electron chi connectivity index (χ2n) is 7.82. The van der Waals surface area contributed by atoms with Crippen LogP contribution in [0.2, 0.25) is 0 Å². The third kappa shape index (κ3) is 4.08. The van der Waals surface area contributed by atoms with Crippen molar-refractivity contribution in [3.8, 4) is 23.7 Å². The Morgan fingerprint density at radius 2 is 2.07 bits per heavy atom. The van der Waals surface area contributed by atoms with Gasteiger partial charge in [0, 0.05) is 30.3 Å². The molecule has 1 aliphatic heterocycles. The summed E-state index contributed by atoms with van der Waals surface area (Å²) in [5, 5.41) is 12.1. The number of sulfone groups is 1. The van der Waals surface area contributed by atoms with Gasteiger partial charge in [-0.25, -0.2) is 18.7 Å². The number of hydrogen-bond acceptors (Lipinski definition) is 6. The molecule has 1 aliphatic carbocycles. The lowest BCUT2D eigenvalue weighted by molar-refractivity contribution is -0.131. The maximum Gasteiger partial charge on any atom is 0.328 e. The van der Waals surface area contributed by atoms with Crippen LogP contribution in [0.5, 0.6) is 0 Å². The molecule has 30 heavy (non-hydrogen) atoms. The van der Waals surface area contributed by atoms with Gasteiger partial charge >= 0.3 is 6.03 Å². The summed E-state index contributed by atoms with van der Waals surface area (Å²) < 4.78 is 23.7. The Balaban J connectivity index is 1.66. The molecule has 1 fully saturated rings. The number of aromatic nitrogens is 1. The number of amides is 2. The Kier molecular flexibility index (Phi) is 5.70. The first-order valence-corrected chi connectivity index (χ1v) is 11.3. The predicted octanol–water partition coefficient (Wildman–Crippen LogP) is 0.0775. The maximum absolute atomic E-state index is 12.6. The van der Waals surface area contributed by atoms with Crippen LogP contribution < -0.4 is 10.8 Å². The van der Waals surface area contributed by atoms with Crippen molar-refractivity contribution in [1.82, 2.24) is 20.3 Å². The van der Waals surface area contributed by atoms with Gasteiger partial charge in [0.25, 0.3) is 5.91 Å². The second kappa shape index (κ2) is 7.80. The molecule has 3 rings (SSSR count). The lowest BCUT2D eigenvalue weighted by Gasteiger charge is -2.27. The quantitative estimate of drug-likeness (QED) is 0.333. The van der Waals surface area contributed by atoms with Gasteiger partial charge in [0.05, 0.1) is 12.1 Å². The van der Waals surface area contributed by atoms with E-state index < -0.39 is 20.5 Å². The first-order valence-electron chi connectivity index (χ1n) is 9.42. The smallest absolute Gasteiger partial charge is 0.318 e. The monoisotopic (exact) mass is 432 g/mol. The van der Waals surface area contributed by atoms with Gasteiger partial charge < -0.3 is 10.2 Å². The highest BCUT2D eigenvalue weighted by atomic mass is 32.2. The molecule has 0 saturated heterocycles. The molecule has 160 valence electrons. The second-order valence-corrected chi connectivity index (χ2v) is 10.3. The van der Waals surface area contributed by atoms with Crippen LogP contribution in [0.1, 0.15) is 37.4 Å². The van der Waals surface area contributed by atoms with Gasteiger partial charge in [-0.15, -0.1) is 0 Å². The third-order valence-electron chi connectivity index (χ3n) is 5.79. The molecule has 10 heteroatoms. The lowest BCUT2D eigenvalue weighted by atomic mass is 10.1. The number of hydroxylamine groups is 1. The van der Waals surface area contributed by atoms with Crippen molar-refractivity contribution < 1.29 is 23.2 Å². The van der Waals surface area contributed by atoms with E-state index in [1.165, 1.54) is 21.9 Å². The van der Waals surface area contributed by atoms with Crippen molar-refractivity contribution in [2.75, 3.05) is 19.8 Å². The fourth-order valence-corrected chi connectivity index (χ4v) is 4.06. The van der Waals surface area contributed by atoms with E-state index in [2.05, 4.69) is 29.0 Å². The van der Waals surface area contributed by atoms with Gasteiger partial charge in [-0.1, -0.05) is 11.8 Å². The number of carbonyl (C=O) groups excluding carboxylic acids is 2. The summed E-state index contributed by atoms with van der Waals surface area (Å²) in [6.07, 6.45) is 4.42. The van der Waals surface area contributed by atoms with Gasteiger partial charge in [0.15, 0.2) is 14.6 Å². The molecule has 3 N–H and O–H groups in total. The summed E-state index contributed by atoms with van der Waals surface area (Å²) in [6, 6.07) is 1.46. The molecule has 1 atom stereocenters. The maximum atomic E-state index is 12.6. The number of hydrogen-bond donors (Lipinski definition) is 3. The Bertz CT molecular complexity index is 1110. The van der Waals surface area contributed by atoms with E-state index in [4.69, 9.17) is 5.21 Å². The Morgan fingerprint density at radius 3 is 2.60 bits per heavy atom. The van der Waals surface area contributed by atoms with Crippen molar-refractivity contribution in [2.45, 2.75) is 43.0 Å². The zero-order valence-electron chi connectivity index (χ0n) is 17.1. The molecule has 1 saturated carbocycles.